The largest absolute Gasteiger partial charge is 0.464 e. The van der Waals surface area contributed by atoms with Gasteiger partial charge in [-0.2, -0.15) is 5.10 Å². The number of esters is 1. The molecule has 0 saturated carbocycles. The Morgan fingerprint density at radius 2 is 1.86 bits per heavy atom. The molecular weight excluding hydrogens is 474 g/mol. The van der Waals surface area contributed by atoms with Crippen LogP contribution in [0.15, 0.2) is 36.7 Å². The van der Waals surface area contributed by atoms with Gasteiger partial charge >= 0.3 is 12.1 Å². The predicted octanol–water partition coefficient (Wildman–Crippen LogP) is 4.02. The lowest BCUT2D eigenvalue weighted by molar-refractivity contribution is -0.00384. The minimum Gasteiger partial charge on any atom is -0.464 e. The van der Waals surface area contributed by atoms with Gasteiger partial charge in [0.1, 0.15) is 22.9 Å². The van der Waals surface area contributed by atoms with Crippen molar-refractivity contribution in [3.8, 4) is 11.3 Å². The summed E-state index contributed by atoms with van der Waals surface area (Å²) in [6, 6.07) is 4.78. The number of carbonyl (C=O) groups is 2. The highest BCUT2D eigenvalue weighted by atomic mass is 19.1. The Hall–Kier alpha value is -4.09. The predicted molar refractivity (Wildman–Crippen MR) is 126 cm³/mol. The molecule has 1 N–H and O–H groups in total. The molecule has 1 aromatic carbocycles. The van der Waals surface area contributed by atoms with Gasteiger partial charge < -0.3 is 19.7 Å². The summed E-state index contributed by atoms with van der Waals surface area (Å²) >= 11 is 0. The molecule has 0 spiro atoms. The molecule has 36 heavy (non-hydrogen) atoms. The molecule has 0 radical (unpaired) electrons. The minimum atomic E-state index is -0.810. The van der Waals surface area contributed by atoms with Crippen molar-refractivity contribution in [3.63, 3.8) is 0 Å². The number of hydrogen-bond acceptors (Lipinski definition) is 8. The first kappa shape index (κ1) is 25.0. The van der Waals surface area contributed by atoms with Crippen molar-refractivity contribution in [2.45, 2.75) is 32.9 Å². The third-order valence-electron chi connectivity index (χ3n) is 5.36. The van der Waals surface area contributed by atoms with Gasteiger partial charge in [-0.3, -0.25) is 4.68 Å². The molecule has 0 atom stereocenters. The zero-order valence-electron chi connectivity index (χ0n) is 20.3. The second kappa shape index (κ2) is 9.88. The second-order valence-electron chi connectivity index (χ2n) is 9.41. The van der Waals surface area contributed by atoms with Gasteiger partial charge in [0.05, 0.1) is 30.2 Å². The molecule has 1 aliphatic heterocycles. The average Bonchev–Trinajstić information content (AvgIpc) is 3.21. The van der Waals surface area contributed by atoms with Crippen LogP contribution in [0.1, 0.15) is 31.3 Å². The molecule has 190 valence electrons. The molecule has 0 aliphatic carbocycles. The highest BCUT2D eigenvalue weighted by Gasteiger charge is 2.34. The second-order valence-corrected chi connectivity index (χ2v) is 9.41. The smallest absolute Gasteiger partial charge is 0.410 e. The molecular formula is C24H26F2N6O4. The van der Waals surface area contributed by atoms with Crippen molar-refractivity contribution >= 4 is 23.4 Å². The van der Waals surface area contributed by atoms with Crippen LogP contribution in [0.2, 0.25) is 0 Å². The number of hydrogen-bond donors (Lipinski definition) is 1. The van der Waals surface area contributed by atoms with Crippen LogP contribution in [0.25, 0.3) is 11.3 Å². The van der Waals surface area contributed by atoms with E-state index in [0.29, 0.717) is 25.3 Å². The molecule has 3 heterocycles. The van der Waals surface area contributed by atoms with Gasteiger partial charge in [0.15, 0.2) is 5.69 Å². The highest BCUT2D eigenvalue weighted by Crippen LogP contribution is 2.29. The lowest BCUT2D eigenvalue weighted by atomic mass is 10.0. The first-order valence-electron chi connectivity index (χ1n) is 11.2. The normalized spacial score (nSPS) is 13.8. The highest BCUT2D eigenvalue weighted by molar-refractivity contribution is 5.94. The van der Waals surface area contributed by atoms with Crippen molar-refractivity contribution < 1.29 is 27.8 Å². The monoisotopic (exact) mass is 500 g/mol. The Bertz CT molecular complexity index is 1260. The van der Waals surface area contributed by atoms with Crippen LogP contribution in [0, 0.1) is 17.6 Å². The number of likely N-dealkylation sites (tertiary alicyclic amines) is 1. The third-order valence-corrected chi connectivity index (χ3v) is 5.36. The van der Waals surface area contributed by atoms with Crippen LogP contribution < -0.4 is 5.32 Å². The SMILES string of the molecule is COC(=O)c1nnc(-c2c(F)cccc2F)cc1Nc1cnn(CC2CN(C(=O)OC(C)(C)C)C2)c1. The quantitative estimate of drug-likeness (QED) is 0.506. The number of ether oxygens (including phenoxy) is 2. The molecule has 0 unspecified atom stereocenters. The summed E-state index contributed by atoms with van der Waals surface area (Å²) in [5, 5.41) is 15.0. The van der Waals surface area contributed by atoms with Crippen molar-refractivity contribution in [2.24, 2.45) is 5.92 Å². The number of nitrogens with zero attached hydrogens (tertiary/aromatic N) is 5. The van der Waals surface area contributed by atoms with E-state index < -0.39 is 23.2 Å². The lowest BCUT2D eigenvalue weighted by Gasteiger charge is -2.39. The van der Waals surface area contributed by atoms with E-state index in [1.807, 2.05) is 20.8 Å². The fraction of sp³-hybridized carbons (Fsp3) is 0.375. The van der Waals surface area contributed by atoms with Crippen molar-refractivity contribution in [1.29, 1.82) is 0 Å². The first-order chi connectivity index (χ1) is 17.0. The summed E-state index contributed by atoms with van der Waals surface area (Å²) in [6.07, 6.45) is 2.90. The Kier molecular flexibility index (Phi) is 6.86. The summed E-state index contributed by atoms with van der Waals surface area (Å²) in [6.45, 7) is 7.12. The zero-order chi connectivity index (χ0) is 26.0. The number of benzene rings is 1. The topological polar surface area (TPSA) is 111 Å². The molecule has 1 fully saturated rings. The maximum Gasteiger partial charge on any atom is 0.410 e. The Morgan fingerprint density at radius 1 is 1.17 bits per heavy atom. The van der Waals surface area contributed by atoms with Crippen LogP contribution in [0.4, 0.5) is 25.0 Å². The fourth-order valence-electron chi connectivity index (χ4n) is 3.71. The Labute approximate surface area is 206 Å². The van der Waals surface area contributed by atoms with Gasteiger partial charge in [0.25, 0.3) is 0 Å². The lowest BCUT2D eigenvalue weighted by Crippen LogP contribution is -2.52. The van der Waals surface area contributed by atoms with Crippen molar-refractivity contribution in [3.05, 3.63) is 54.0 Å². The van der Waals surface area contributed by atoms with Gasteiger partial charge in [0, 0.05) is 31.7 Å². The van der Waals surface area contributed by atoms with E-state index in [1.54, 1.807) is 15.8 Å². The standard InChI is InChI=1S/C24H26F2N6O4/c1-24(2,3)36-23(34)31-10-14(11-31)12-32-13-15(9-27-32)28-19-8-18(29-30-21(19)22(33)35-4)20-16(25)6-5-7-17(20)26/h5-9,13-14H,10-12H2,1-4H3,(H,28,29). The number of carbonyl (C=O) groups excluding carboxylic acids is 2. The van der Waals surface area contributed by atoms with Gasteiger partial charge in [-0.25, -0.2) is 18.4 Å². The fourth-order valence-corrected chi connectivity index (χ4v) is 3.71. The van der Waals surface area contributed by atoms with E-state index in [0.717, 1.165) is 12.1 Å². The number of rotatable bonds is 6. The molecule has 12 heteroatoms. The van der Waals surface area contributed by atoms with Crippen LogP contribution in [0.3, 0.4) is 0 Å². The third kappa shape index (κ3) is 5.58. The van der Waals surface area contributed by atoms with Crippen LogP contribution in [-0.4, -0.2) is 62.7 Å². The van der Waals surface area contributed by atoms with Crippen LogP contribution in [0.5, 0.6) is 0 Å². The summed E-state index contributed by atoms with van der Waals surface area (Å²) in [4.78, 5) is 25.9. The van der Waals surface area contributed by atoms with E-state index in [9.17, 15) is 18.4 Å². The average molecular weight is 501 g/mol. The number of anilines is 2. The molecule has 4 rings (SSSR count). The van der Waals surface area contributed by atoms with Crippen molar-refractivity contribution in [1.82, 2.24) is 24.9 Å². The van der Waals surface area contributed by atoms with E-state index in [4.69, 9.17) is 9.47 Å². The van der Waals surface area contributed by atoms with Gasteiger partial charge in [0.2, 0.25) is 0 Å². The van der Waals surface area contributed by atoms with Crippen LogP contribution >= 0.6 is 0 Å². The molecule has 3 aromatic rings. The Balaban J connectivity index is 1.47. The maximum absolute atomic E-state index is 14.3. The summed E-state index contributed by atoms with van der Waals surface area (Å²) < 4.78 is 40.4. The number of aromatic nitrogens is 4. The summed E-state index contributed by atoms with van der Waals surface area (Å²) in [5.41, 5.74) is -0.499. The minimum absolute atomic E-state index is 0.0927. The maximum atomic E-state index is 14.3. The molecule has 1 amide bonds. The molecule has 0 bridgehead atoms. The van der Waals surface area contributed by atoms with Gasteiger partial charge in [-0.15, -0.1) is 10.2 Å². The summed E-state index contributed by atoms with van der Waals surface area (Å²) in [7, 11) is 1.19. The van der Waals surface area contributed by atoms with Crippen LogP contribution in [-0.2, 0) is 16.0 Å². The van der Waals surface area contributed by atoms with E-state index in [2.05, 4.69) is 20.6 Å². The molecule has 1 aliphatic rings. The summed E-state index contributed by atoms with van der Waals surface area (Å²) in [5.74, 6) is -2.19. The number of amides is 1. The van der Waals surface area contributed by atoms with E-state index >= 15 is 0 Å². The molecule has 10 nitrogen and oxygen atoms in total. The molecule has 1 saturated heterocycles. The number of nitrogens with one attached hydrogen (secondary N) is 1. The van der Waals surface area contributed by atoms with Crippen molar-refractivity contribution in [2.75, 3.05) is 25.5 Å². The first-order valence-corrected chi connectivity index (χ1v) is 11.2. The Morgan fingerprint density at radius 3 is 2.50 bits per heavy atom. The van der Waals surface area contributed by atoms with E-state index in [1.165, 1.54) is 25.4 Å². The molecule has 2 aromatic heterocycles. The van der Waals surface area contributed by atoms with E-state index in [-0.39, 0.29) is 34.6 Å². The number of halogens is 2. The zero-order valence-corrected chi connectivity index (χ0v) is 20.3. The van der Waals surface area contributed by atoms with Gasteiger partial charge in [-0.05, 0) is 39.0 Å². The van der Waals surface area contributed by atoms with Gasteiger partial charge in [-0.1, -0.05) is 6.07 Å². The number of methoxy groups -OCH3 is 1.